The summed E-state index contributed by atoms with van der Waals surface area (Å²) in [5.74, 6) is 0.159. The van der Waals surface area contributed by atoms with Crippen molar-refractivity contribution in [2.24, 2.45) is 5.92 Å². The minimum Gasteiger partial charge on any atom is -0.370 e. The Balaban J connectivity index is 1.46. The number of amides is 1. The van der Waals surface area contributed by atoms with Gasteiger partial charge >= 0.3 is 0 Å². The molecule has 1 heterocycles. The quantitative estimate of drug-likeness (QED) is 0.248. The van der Waals surface area contributed by atoms with Gasteiger partial charge in [0.1, 0.15) is 0 Å². The van der Waals surface area contributed by atoms with Crippen LogP contribution in [0.5, 0.6) is 0 Å². The monoisotopic (exact) mass is 519 g/mol. The van der Waals surface area contributed by atoms with Crippen LogP contribution in [-0.4, -0.2) is 24.0 Å². The first-order valence-electron chi connectivity index (χ1n) is 14.2. The van der Waals surface area contributed by atoms with E-state index in [0.717, 1.165) is 54.7 Å². The van der Waals surface area contributed by atoms with Crippen LogP contribution in [0.25, 0.3) is 11.3 Å². The topological polar surface area (TPSA) is 45.2 Å². The summed E-state index contributed by atoms with van der Waals surface area (Å²) >= 11 is 0. The van der Waals surface area contributed by atoms with E-state index in [2.05, 4.69) is 109 Å². The average molecular weight is 520 g/mol. The van der Waals surface area contributed by atoms with Crippen molar-refractivity contribution >= 4 is 11.6 Å². The summed E-state index contributed by atoms with van der Waals surface area (Å²) in [6.07, 6.45) is 18.5. The number of benzene rings is 2. The van der Waals surface area contributed by atoms with E-state index in [-0.39, 0.29) is 23.8 Å². The van der Waals surface area contributed by atoms with Crippen LogP contribution < -0.4 is 10.2 Å². The Kier molecular flexibility index (Phi) is 10.3. The van der Waals surface area contributed by atoms with Crippen molar-refractivity contribution in [3.05, 3.63) is 121 Å². The fraction of sp³-hybridized carbons (Fsp3) is 0.314. The summed E-state index contributed by atoms with van der Waals surface area (Å²) in [4.78, 5) is 20.3. The molecule has 202 valence electrons. The van der Waals surface area contributed by atoms with Crippen LogP contribution in [0.2, 0.25) is 0 Å². The third-order valence-corrected chi connectivity index (χ3v) is 7.42. The van der Waals surface area contributed by atoms with Gasteiger partial charge in [0.25, 0.3) is 0 Å². The standard InChI is InChI=1S/C35H41N3O/c1-4-5-8-17-31(35(39)37-27(2)29-15-9-6-7-10-16-29)30-23-21-28(22-24-30)26-38(3)34-20-12-11-18-32(34)33-19-13-14-25-36-33/h6-7,9-16,18-25,27,29,31H,4-5,8,17,26H2,1-3H3,(H,37,39). The van der Waals surface area contributed by atoms with Crippen LogP contribution >= 0.6 is 0 Å². The summed E-state index contributed by atoms with van der Waals surface area (Å²) in [5, 5.41) is 3.31. The normalized spacial score (nSPS) is 14.5. The van der Waals surface area contributed by atoms with Crippen molar-refractivity contribution in [1.82, 2.24) is 10.3 Å². The molecule has 1 N–H and O–H groups in total. The molecule has 1 amide bonds. The number of nitrogens with zero attached hydrogens (tertiary/aromatic N) is 2. The number of allylic oxidation sites excluding steroid dienone is 4. The van der Waals surface area contributed by atoms with Crippen LogP contribution in [0.15, 0.2) is 109 Å². The molecule has 2 unspecified atom stereocenters. The van der Waals surface area contributed by atoms with Crippen molar-refractivity contribution in [2.45, 2.75) is 58.0 Å². The maximum Gasteiger partial charge on any atom is 0.227 e. The van der Waals surface area contributed by atoms with Gasteiger partial charge in [-0.05, 0) is 42.7 Å². The zero-order chi connectivity index (χ0) is 27.5. The number of carbonyl (C=O) groups is 1. The van der Waals surface area contributed by atoms with Crippen LogP contribution in [0, 0.1) is 5.92 Å². The van der Waals surface area contributed by atoms with Crippen molar-refractivity contribution in [3.8, 4) is 11.3 Å². The van der Waals surface area contributed by atoms with Crippen molar-refractivity contribution in [2.75, 3.05) is 11.9 Å². The molecular formula is C35H41N3O. The maximum atomic E-state index is 13.5. The molecule has 1 aliphatic rings. The molecule has 2 aromatic carbocycles. The molecule has 0 saturated heterocycles. The van der Waals surface area contributed by atoms with Gasteiger partial charge < -0.3 is 10.2 Å². The fourth-order valence-electron chi connectivity index (χ4n) is 5.14. The number of anilines is 1. The van der Waals surface area contributed by atoms with Gasteiger partial charge in [-0.15, -0.1) is 0 Å². The number of hydrogen-bond acceptors (Lipinski definition) is 3. The van der Waals surface area contributed by atoms with E-state index in [0.29, 0.717) is 0 Å². The van der Waals surface area contributed by atoms with E-state index in [1.165, 1.54) is 5.56 Å². The lowest BCUT2D eigenvalue weighted by atomic mass is 9.90. The molecule has 4 rings (SSSR count). The SMILES string of the molecule is CCCCCC(C(=O)NC(C)C1C=CC=CC=C1)c1ccc(CN(C)c2ccccc2-c2ccccn2)cc1. The number of carbonyl (C=O) groups excluding carboxylic acids is 1. The second-order valence-corrected chi connectivity index (χ2v) is 10.4. The smallest absolute Gasteiger partial charge is 0.227 e. The van der Waals surface area contributed by atoms with E-state index < -0.39 is 0 Å². The third kappa shape index (κ3) is 7.79. The van der Waals surface area contributed by atoms with Gasteiger partial charge in [-0.3, -0.25) is 9.78 Å². The summed E-state index contributed by atoms with van der Waals surface area (Å²) in [7, 11) is 2.12. The Labute approximate surface area is 234 Å². The molecule has 3 aromatic rings. The summed E-state index contributed by atoms with van der Waals surface area (Å²) in [5.41, 5.74) is 5.52. The van der Waals surface area contributed by atoms with Gasteiger partial charge in [-0.2, -0.15) is 0 Å². The van der Waals surface area contributed by atoms with Gasteiger partial charge in [0.15, 0.2) is 0 Å². The lowest BCUT2D eigenvalue weighted by Gasteiger charge is -2.25. The molecular weight excluding hydrogens is 478 g/mol. The number of pyridine rings is 1. The molecule has 1 aromatic heterocycles. The predicted molar refractivity (Wildman–Crippen MR) is 164 cm³/mol. The Hall–Kier alpha value is -3.92. The molecule has 4 nitrogen and oxygen atoms in total. The summed E-state index contributed by atoms with van der Waals surface area (Å²) in [6.45, 7) is 5.06. The van der Waals surface area contributed by atoms with E-state index in [1.54, 1.807) is 0 Å². The number of aromatic nitrogens is 1. The minimum absolute atomic E-state index is 0.0330. The summed E-state index contributed by atoms with van der Waals surface area (Å²) < 4.78 is 0. The Morgan fingerprint density at radius 3 is 2.33 bits per heavy atom. The molecule has 2 atom stereocenters. The first-order valence-corrected chi connectivity index (χ1v) is 14.2. The largest absolute Gasteiger partial charge is 0.370 e. The number of para-hydroxylation sites is 1. The highest BCUT2D eigenvalue weighted by Gasteiger charge is 2.24. The van der Waals surface area contributed by atoms with Gasteiger partial charge in [0.2, 0.25) is 5.91 Å². The predicted octanol–water partition coefficient (Wildman–Crippen LogP) is 7.85. The van der Waals surface area contributed by atoms with Crippen molar-refractivity contribution in [3.63, 3.8) is 0 Å². The third-order valence-electron chi connectivity index (χ3n) is 7.42. The number of hydrogen-bond donors (Lipinski definition) is 1. The van der Waals surface area contributed by atoms with E-state index >= 15 is 0 Å². The number of unbranched alkanes of at least 4 members (excludes halogenated alkanes) is 2. The van der Waals surface area contributed by atoms with E-state index in [1.807, 2.05) is 36.5 Å². The molecule has 0 saturated carbocycles. The first-order chi connectivity index (χ1) is 19.1. The Morgan fingerprint density at radius 2 is 1.64 bits per heavy atom. The highest BCUT2D eigenvalue weighted by Crippen LogP contribution is 2.30. The van der Waals surface area contributed by atoms with Crippen LogP contribution in [0.3, 0.4) is 0 Å². The molecule has 1 aliphatic carbocycles. The van der Waals surface area contributed by atoms with Crippen LogP contribution in [0.1, 0.15) is 56.6 Å². The Morgan fingerprint density at radius 1 is 0.923 bits per heavy atom. The van der Waals surface area contributed by atoms with Gasteiger partial charge in [-0.1, -0.05) is 111 Å². The second-order valence-electron chi connectivity index (χ2n) is 10.4. The van der Waals surface area contributed by atoms with Crippen LogP contribution in [0.4, 0.5) is 5.69 Å². The highest BCUT2D eigenvalue weighted by molar-refractivity contribution is 5.84. The molecule has 0 radical (unpaired) electrons. The number of nitrogens with one attached hydrogen (secondary N) is 1. The maximum absolute atomic E-state index is 13.5. The highest BCUT2D eigenvalue weighted by atomic mass is 16.1. The summed E-state index contributed by atoms with van der Waals surface area (Å²) in [6, 6.07) is 23.0. The average Bonchev–Trinajstić information content (AvgIpc) is 3.26. The lowest BCUT2D eigenvalue weighted by molar-refractivity contribution is -0.123. The minimum atomic E-state index is -0.146. The number of rotatable bonds is 12. The van der Waals surface area contributed by atoms with Gasteiger partial charge in [0, 0.05) is 43.0 Å². The lowest BCUT2D eigenvalue weighted by Crippen LogP contribution is -2.39. The fourth-order valence-corrected chi connectivity index (χ4v) is 5.14. The van der Waals surface area contributed by atoms with Gasteiger partial charge in [-0.25, -0.2) is 0 Å². The first kappa shape index (κ1) is 28.1. The van der Waals surface area contributed by atoms with Crippen LogP contribution in [-0.2, 0) is 11.3 Å². The molecule has 0 fully saturated rings. The van der Waals surface area contributed by atoms with Crippen molar-refractivity contribution in [1.29, 1.82) is 0 Å². The molecule has 39 heavy (non-hydrogen) atoms. The second kappa shape index (κ2) is 14.3. The van der Waals surface area contributed by atoms with Gasteiger partial charge in [0.05, 0.1) is 11.6 Å². The Bertz CT molecular complexity index is 1260. The van der Waals surface area contributed by atoms with E-state index in [4.69, 9.17) is 0 Å². The molecule has 0 bridgehead atoms. The van der Waals surface area contributed by atoms with E-state index in [9.17, 15) is 4.79 Å². The zero-order valence-electron chi connectivity index (χ0n) is 23.5. The molecule has 0 spiro atoms. The molecule has 4 heteroatoms. The van der Waals surface area contributed by atoms with Crippen molar-refractivity contribution < 1.29 is 4.79 Å². The zero-order valence-corrected chi connectivity index (χ0v) is 23.5. The molecule has 0 aliphatic heterocycles.